The number of nitrogens with two attached hydrogens (primary N) is 1. The molecule has 3 rings (SSSR count). The van der Waals surface area contributed by atoms with Crippen LogP contribution in [-0.2, 0) is 30.3 Å². The highest BCUT2D eigenvalue weighted by atomic mass is 16.6. The Labute approximate surface area is 188 Å². The summed E-state index contributed by atoms with van der Waals surface area (Å²) in [6, 6.07) is 7.41. The topological polar surface area (TPSA) is 92.8 Å². The normalized spacial score (nSPS) is 15.1. The van der Waals surface area contributed by atoms with E-state index in [-0.39, 0.29) is 26.4 Å². The van der Waals surface area contributed by atoms with Gasteiger partial charge in [-0.15, -0.1) is 0 Å². The van der Waals surface area contributed by atoms with E-state index < -0.39 is 17.4 Å². The van der Waals surface area contributed by atoms with Crippen molar-refractivity contribution in [2.24, 2.45) is 5.41 Å². The first-order valence-electron chi connectivity index (χ1n) is 10.8. The first kappa shape index (κ1) is 23.3. The number of hydrogen-bond acceptors (Lipinski definition) is 6. The summed E-state index contributed by atoms with van der Waals surface area (Å²) in [5.41, 5.74) is 6.96. The van der Waals surface area contributed by atoms with E-state index in [1.165, 1.54) is 0 Å². The van der Waals surface area contributed by atoms with Crippen molar-refractivity contribution in [2.45, 2.75) is 26.8 Å². The molecule has 7 nitrogen and oxygen atoms in total. The number of aromatic nitrogens is 1. The largest absolute Gasteiger partial charge is 0.465 e. The second kappa shape index (κ2) is 10.8. The number of esters is 2. The number of carbonyl (C=O) groups excluding carboxylic acids is 2. The molecule has 1 aromatic heterocycles. The number of rotatable bonds is 10. The standard InChI is InChI=1S/C25H30N2O5/c1-3-30-17-25(24(29)31-4-2,19-10-7-5-6-8-11-19)18-32-23(28)16-27-15-14-20-21(26)12-9-13-22(20)27/h5-7,9-15H,3-4,8,16-18,26H2,1-2H3. The Morgan fingerprint density at radius 2 is 1.94 bits per heavy atom. The lowest BCUT2D eigenvalue weighted by Gasteiger charge is -2.32. The maximum atomic E-state index is 13.1. The molecule has 0 bridgehead atoms. The van der Waals surface area contributed by atoms with E-state index >= 15 is 0 Å². The van der Waals surface area contributed by atoms with Gasteiger partial charge in [-0.25, -0.2) is 0 Å². The zero-order chi connectivity index (χ0) is 23.0. The van der Waals surface area contributed by atoms with Gasteiger partial charge >= 0.3 is 11.9 Å². The lowest BCUT2D eigenvalue weighted by atomic mass is 9.80. The fourth-order valence-electron chi connectivity index (χ4n) is 3.70. The molecule has 0 saturated carbocycles. The van der Waals surface area contributed by atoms with Crippen molar-refractivity contribution in [3.8, 4) is 0 Å². The number of nitrogens with zero attached hydrogens (tertiary/aromatic N) is 1. The van der Waals surface area contributed by atoms with Gasteiger partial charge in [-0.3, -0.25) is 9.59 Å². The smallest absolute Gasteiger partial charge is 0.325 e. The molecule has 0 fully saturated rings. The molecular weight excluding hydrogens is 408 g/mol. The molecule has 1 aromatic carbocycles. The van der Waals surface area contributed by atoms with Crippen LogP contribution >= 0.6 is 0 Å². The van der Waals surface area contributed by atoms with E-state index in [9.17, 15) is 9.59 Å². The molecule has 1 atom stereocenters. The number of ether oxygens (including phenoxy) is 3. The van der Waals surface area contributed by atoms with Crippen LogP contribution in [0.15, 0.2) is 66.4 Å². The van der Waals surface area contributed by atoms with Crippen LogP contribution in [0.4, 0.5) is 5.69 Å². The highest BCUT2D eigenvalue weighted by molar-refractivity contribution is 5.92. The number of fused-ring (bicyclic) bond motifs is 1. The minimum Gasteiger partial charge on any atom is -0.465 e. The lowest BCUT2D eigenvalue weighted by molar-refractivity contribution is -0.164. The Balaban J connectivity index is 1.83. The van der Waals surface area contributed by atoms with Crippen molar-refractivity contribution in [2.75, 3.05) is 32.2 Å². The summed E-state index contributed by atoms with van der Waals surface area (Å²) < 4.78 is 18.5. The van der Waals surface area contributed by atoms with Crippen molar-refractivity contribution >= 4 is 28.5 Å². The van der Waals surface area contributed by atoms with Crippen molar-refractivity contribution in [1.82, 2.24) is 4.57 Å². The molecule has 7 heteroatoms. The quantitative estimate of drug-likeness (QED) is 0.448. The third kappa shape index (κ3) is 5.11. The summed E-state index contributed by atoms with van der Waals surface area (Å²) in [7, 11) is 0. The molecule has 1 aliphatic carbocycles. The number of allylic oxidation sites excluding steroid dienone is 5. The Morgan fingerprint density at radius 3 is 2.72 bits per heavy atom. The second-order valence-corrected chi connectivity index (χ2v) is 7.51. The van der Waals surface area contributed by atoms with Gasteiger partial charge in [-0.05, 0) is 44.0 Å². The number of hydrogen-bond donors (Lipinski definition) is 1. The summed E-state index contributed by atoms with van der Waals surface area (Å²) >= 11 is 0. The summed E-state index contributed by atoms with van der Waals surface area (Å²) in [6.45, 7) is 4.10. The Morgan fingerprint density at radius 1 is 1.09 bits per heavy atom. The van der Waals surface area contributed by atoms with Crippen LogP contribution < -0.4 is 5.73 Å². The molecule has 1 aliphatic rings. The molecule has 1 unspecified atom stereocenters. The summed E-state index contributed by atoms with van der Waals surface area (Å²) in [4.78, 5) is 25.9. The van der Waals surface area contributed by atoms with E-state index in [2.05, 4.69) is 0 Å². The molecule has 1 heterocycles. The van der Waals surface area contributed by atoms with Crippen molar-refractivity contribution in [3.05, 3.63) is 66.4 Å². The van der Waals surface area contributed by atoms with E-state index in [1.807, 2.05) is 61.6 Å². The number of carbonyl (C=O) groups is 2. The molecular formula is C25H30N2O5. The minimum atomic E-state index is -1.24. The van der Waals surface area contributed by atoms with Gasteiger partial charge in [0.2, 0.25) is 0 Å². The molecule has 0 radical (unpaired) electrons. The SMILES string of the molecule is CCOCC(COC(=O)Cn1ccc2c(N)cccc21)(C(=O)OCC)C1=CCC=CC=C1. The van der Waals surface area contributed by atoms with Crippen molar-refractivity contribution in [1.29, 1.82) is 0 Å². The highest BCUT2D eigenvalue weighted by Gasteiger charge is 2.44. The number of benzene rings is 1. The molecule has 0 spiro atoms. The average molecular weight is 439 g/mol. The molecule has 0 aliphatic heterocycles. The fraction of sp³-hybridized carbons (Fsp3) is 0.360. The van der Waals surface area contributed by atoms with Gasteiger partial charge in [0.15, 0.2) is 0 Å². The van der Waals surface area contributed by atoms with Crippen LogP contribution in [-0.4, -0.2) is 42.9 Å². The van der Waals surface area contributed by atoms with E-state index in [4.69, 9.17) is 19.9 Å². The Hall–Kier alpha value is -3.32. The maximum absolute atomic E-state index is 13.1. The predicted molar refractivity (Wildman–Crippen MR) is 124 cm³/mol. The van der Waals surface area contributed by atoms with E-state index in [0.29, 0.717) is 24.3 Å². The molecule has 170 valence electrons. The minimum absolute atomic E-state index is 0.00304. The first-order valence-corrected chi connectivity index (χ1v) is 10.8. The monoisotopic (exact) mass is 438 g/mol. The van der Waals surface area contributed by atoms with Crippen molar-refractivity contribution < 1.29 is 23.8 Å². The average Bonchev–Trinajstić information content (AvgIpc) is 3.00. The van der Waals surface area contributed by atoms with Crippen LogP contribution in [0.3, 0.4) is 0 Å². The predicted octanol–water partition coefficient (Wildman–Crippen LogP) is 3.80. The van der Waals surface area contributed by atoms with Crippen LogP contribution in [0.5, 0.6) is 0 Å². The molecule has 2 aromatic rings. The van der Waals surface area contributed by atoms with Gasteiger partial charge in [0, 0.05) is 23.9 Å². The third-order valence-corrected chi connectivity index (χ3v) is 5.39. The van der Waals surface area contributed by atoms with Gasteiger partial charge < -0.3 is 24.5 Å². The van der Waals surface area contributed by atoms with Gasteiger partial charge in [-0.2, -0.15) is 0 Å². The van der Waals surface area contributed by atoms with Crippen LogP contribution in [0.1, 0.15) is 20.3 Å². The highest BCUT2D eigenvalue weighted by Crippen LogP contribution is 2.33. The molecule has 32 heavy (non-hydrogen) atoms. The van der Waals surface area contributed by atoms with E-state index in [1.54, 1.807) is 17.7 Å². The zero-order valence-corrected chi connectivity index (χ0v) is 18.6. The molecule has 0 amide bonds. The Kier molecular flexibility index (Phi) is 7.89. The van der Waals surface area contributed by atoms with E-state index in [0.717, 1.165) is 10.9 Å². The van der Waals surface area contributed by atoms with Gasteiger partial charge in [0.05, 0.1) is 18.7 Å². The zero-order valence-electron chi connectivity index (χ0n) is 18.6. The molecule has 0 saturated heterocycles. The van der Waals surface area contributed by atoms with Crippen LogP contribution in [0, 0.1) is 5.41 Å². The first-order chi connectivity index (χ1) is 15.5. The van der Waals surface area contributed by atoms with Crippen molar-refractivity contribution in [3.63, 3.8) is 0 Å². The summed E-state index contributed by atoms with van der Waals surface area (Å²) in [6.07, 6.45) is 12.0. The molecule has 2 N–H and O–H groups in total. The summed E-state index contributed by atoms with van der Waals surface area (Å²) in [5, 5.41) is 0.874. The lowest BCUT2D eigenvalue weighted by Crippen LogP contribution is -2.44. The van der Waals surface area contributed by atoms with Gasteiger partial charge in [0.25, 0.3) is 0 Å². The van der Waals surface area contributed by atoms with Crippen LogP contribution in [0.2, 0.25) is 0 Å². The summed E-state index contributed by atoms with van der Waals surface area (Å²) in [5.74, 6) is -0.940. The number of nitrogen functional groups attached to an aromatic ring is 1. The second-order valence-electron chi connectivity index (χ2n) is 7.51. The third-order valence-electron chi connectivity index (χ3n) is 5.39. The van der Waals surface area contributed by atoms with Crippen LogP contribution in [0.25, 0.3) is 10.9 Å². The van der Waals surface area contributed by atoms with Gasteiger partial charge in [0.1, 0.15) is 18.6 Å². The Bertz CT molecular complexity index is 1050. The maximum Gasteiger partial charge on any atom is 0.325 e. The van der Waals surface area contributed by atoms with Gasteiger partial charge in [-0.1, -0.05) is 36.4 Å². The number of anilines is 1. The fourth-order valence-corrected chi connectivity index (χ4v) is 3.70.